The van der Waals surface area contributed by atoms with Crippen LogP contribution in [0.4, 0.5) is 5.69 Å². The number of aromatic nitrogens is 3. The fraction of sp³-hybridized carbons (Fsp3) is 0.0952. The van der Waals surface area contributed by atoms with Gasteiger partial charge in [0.25, 0.3) is 5.56 Å². The second-order valence-corrected chi connectivity index (χ2v) is 8.29. The summed E-state index contributed by atoms with van der Waals surface area (Å²) >= 11 is 4.61. The standard InChI is InChI=1S/C21H17BrN4O2S/c1-13-10-17-19(23-13)20(28)26(16-8-3-2-4-9-16)21(25-17)29-12-18(27)24-15-7-5-6-14(22)11-15/h2-11,23H,12H2,1H3,(H,24,27). The van der Waals surface area contributed by atoms with E-state index in [2.05, 4.69) is 31.2 Å². The summed E-state index contributed by atoms with van der Waals surface area (Å²) in [5.41, 5.74) is 3.12. The number of rotatable bonds is 5. The topological polar surface area (TPSA) is 79.8 Å². The van der Waals surface area contributed by atoms with Crippen molar-refractivity contribution in [3.05, 3.63) is 81.2 Å². The fourth-order valence-corrected chi connectivity index (χ4v) is 4.18. The highest BCUT2D eigenvalue weighted by Gasteiger charge is 2.16. The number of aromatic amines is 1. The van der Waals surface area contributed by atoms with Crippen molar-refractivity contribution < 1.29 is 4.79 Å². The molecular formula is C21H17BrN4O2S. The molecule has 0 radical (unpaired) electrons. The first-order valence-electron chi connectivity index (χ1n) is 8.87. The average Bonchev–Trinajstić information content (AvgIpc) is 3.08. The predicted molar refractivity (Wildman–Crippen MR) is 120 cm³/mol. The smallest absolute Gasteiger partial charge is 0.283 e. The van der Waals surface area contributed by atoms with Crippen molar-refractivity contribution in [3.8, 4) is 5.69 Å². The summed E-state index contributed by atoms with van der Waals surface area (Å²) in [5, 5.41) is 3.33. The van der Waals surface area contributed by atoms with Gasteiger partial charge in [-0.15, -0.1) is 0 Å². The van der Waals surface area contributed by atoms with E-state index in [9.17, 15) is 9.59 Å². The third-order valence-corrected chi connectivity index (χ3v) is 5.64. The third kappa shape index (κ3) is 4.28. The minimum absolute atomic E-state index is 0.126. The second-order valence-electron chi connectivity index (χ2n) is 6.43. The number of thioether (sulfide) groups is 1. The van der Waals surface area contributed by atoms with Crippen LogP contribution in [-0.2, 0) is 4.79 Å². The first kappa shape index (κ1) is 19.5. The molecule has 0 fully saturated rings. The number of H-pyrrole nitrogens is 1. The summed E-state index contributed by atoms with van der Waals surface area (Å²) < 4.78 is 2.42. The van der Waals surface area contributed by atoms with E-state index in [-0.39, 0.29) is 17.2 Å². The Bertz CT molecular complexity index is 1250. The molecule has 4 aromatic rings. The molecule has 2 heterocycles. The monoisotopic (exact) mass is 468 g/mol. The number of halogens is 1. The van der Waals surface area contributed by atoms with Crippen molar-refractivity contribution in [2.45, 2.75) is 12.1 Å². The molecule has 0 saturated carbocycles. The highest BCUT2D eigenvalue weighted by Crippen LogP contribution is 2.22. The van der Waals surface area contributed by atoms with E-state index in [0.717, 1.165) is 10.2 Å². The predicted octanol–water partition coefficient (Wildman–Crippen LogP) is 4.52. The van der Waals surface area contributed by atoms with Crippen LogP contribution >= 0.6 is 27.7 Å². The Hall–Kier alpha value is -2.84. The van der Waals surface area contributed by atoms with Gasteiger partial charge in [0.05, 0.1) is 17.0 Å². The Morgan fingerprint density at radius 1 is 1.17 bits per heavy atom. The van der Waals surface area contributed by atoms with E-state index in [0.29, 0.717) is 27.6 Å². The molecule has 0 aliphatic carbocycles. The maximum atomic E-state index is 13.1. The number of benzene rings is 2. The average molecular weight is 469 g/mol. The first-order chi connectivity index (χ1) is 14.0. The van der Waals surface area contributed by atoms with Crippen molar-refractivity contribution in [1.82, 2.24) is 14.5 Å². The number of hydrogen-bond donors (Lipinski definition) is 2. The minimum atomic E-state index is -0.191. The summed E-state index contributed by atoms with van der Waals surface area (Å²) in [6.07, 6.45) is 0. The molecule has 0 aliphatic heterocycles. The number of carbonyl (C=O) groups excluding carboxylic acids is 1. The van der Waals surface area contributed by atoms with Gasteiger partial charge in [-0.3, -0.25) is 14.2 Å². The molecule has 0 saturated heterocycles. The van der Waals surface area contributed by atoms with Gasteiger partial charge < -0.3 is 10.3 Å². The SMILES string of the molecule is Cc1cc2nc(SCC(=O)Nc3cccc(Br)c3)n(-c3ccccc3)c(=O)c2[nH]1. The molecule has 0 aliphatic rings. The highest BCUT2D eigenvalue weighted by atomic mass is 79.9. The van der Waals surface area contributed by atoms with E-state index >= 15 is 0 Å². The third-order valence-electron chi connectivity index (χ3n) is 4.21. The molecule has 4 rings (SSSR count). The van der Waals surface area contributed by atoms with Crippen LogP contribution in [0.2, 0.25) is 0 Å². The molecule has 0 bridgehead atoms. The number of nitrogens with one attached hydrogen (secondary N) is 2. The van der Waals surface area contributed by atoms with Crippen LogP contribution in [0.25, 0.3) is 16.7 Å². The van der Waals surface area contributed by atoms with Gasteiger partial charge in [-0.2, -0.15) is 0 Å². The van der Waals surface area contributed by atoms with Crippen molar-refractivity contribution in [2.24, 2.45) is 0 Å². The fourth-order valence-electron chi connectivity index (χ4n) is 2.97. The van der Waals surface area contributed by atoms with E-state index in [1.807, 2.05) is 67.6 Å². The summed E-state index contributed by atoms with van der Waals surface area (Å²) in [5.74, 6) is -0.0481. The Kier molecular flexibility index (Phi) is 5.55. The zero-order valence-electron chi connectivity index (χ0n) is 15.5. The summed E-state index contributed by atoms with van der Waals surface area (Å²) in [6.45, 7) is 1.88. The van der Waals surface area contributed by atoms with Gasteiger partial charge in [-0.05, 0) is 43.3 Å². The number of carbonyl (C=O) groups is 1. The Morgan fingerprint density at radius 3 is 2.72 bits per heavy atom. The number of hydrogen-bond acceptors (Lipinski definition) is 4. The van der Waals surface area contributed by atoms with Gasteiger partial charge in [-0.1, -0.05) is 52.0 Å². The van der Waals surface area contributed by atoms with Gasteiger partial charge in [0, 0.05) is 15.9 Å². The van der Waals surface area contributed by atoms with Gasteiger partial charge in [0.2, 0.25) is 5.91 Å². The molecule has 2 N–H and O–H groups in total. The van der Waals surface area contributed by atoms with Crippen LogP contribution in [0, 0.1) is 6.92 Å². The number of nitrogens with zero attached hydrogens (tertiary/aromatic N) is 2. The lowest BCUT2D eigenvalue weighted by Crippen LogP contribution is -2.23. The maximum Gasteiger partial charge on any atom is 0.283 e. The molecule has 0 atom stereocenters. The number of fused-ring (bicyclic) bond motifs is 1. The van der Waals surface area contributed by atoms with Gasteiger partial charge >= 0.3 is 0 Å². The summed E-state index contributed by atoms with van der Waals surface area (Å²) in [6, 6.07) is 18.5. The molecule has 29 heavy (non-hydrogen) atoms. The van der Waals surface area contributed by atoms with Gasteiger partial charge in [0.15, 0.2) is 5.16 Å². The van der Waals surface area contributed by atoms with E-state index in [1.54, 1.807) is 0 Å². The minimum Gasteiger partial charge on any atom is -0.353 e. The van der Waals surface area contributed by atoms with Crippen molar-refractivity contribution in [1.29, 1.82) is 0 Å². The van der Waals surface area contributed by atoms with E-state index in [1.165, 1.54) is 16.3 Å². The van der Waals surface area contributed by atoms with Gasteiger partial charge in [-0.25, -0.2) is 4.98 Å². The highest BCUT2D eigenvalue weighted by molar-refractivity contribution is 9.10. The molecule has 146 valence electrons. The molecule has 6 nitrogen and oxygen atoms in total. The second kappa shape index (κ2) is 8.26. The Labute approximate surface area is 179 Å². The zero-order chi connectivity index (χ0) is 20.4. The van der Waals surface area contributed by atoms with Crippen LogP contribution in [0.3, 0.4) is 0 Å². The molecule has 1 amide bonds. The van der Waals surface area contributed by atoms with Crippen LogP contribution < -0.4 is 10.9 Å². The number of anilines is 1. The molecule has 2 aromatic heterocycles. The van der Waals surface area contributed by atoms with Crippen LogP contribution in [0.15, 0.2) is 75.1 Å². The molecule has 2 aromatic carbocycles. The van der Waals surface area contributed by atoms with Crippen LogP contribution in [-0.4, -0.2) is 26.2 Å². The van der Waals surface area contributed by atoms with Crippen molar-refractivity contribution >= 4 is 50.3 Å². The number of aryl methyl sites for hydroxylation is 1. The maximum absolute atomic E-state index is 13.1. The molecule has 0 unspecified atom stereocenters. The normalized spacial score (nSPS) is 11.0. The number of para-hydroxylation sites is 1. The molecule has 0 spiro atoms. The first-order valence-corrected chi connectivity index (χ1v) is 10.6. The lowest BCUT2D eigenvalue weighted by atomic mass is 10.3. The Balaban J connectivity index is 1.65. The van der Waals surface area contributed by atoms with Gasteiger partial charge in [0.1, 0.15) is 5.52 Å². The molecule has 8 heteroatoms. The lowest BCUT2D eigenvalue weighted by Gasteiger charge is -2.12. The van der Waals surface area contributed by atoms with Crippen molar-refractivity contribution in [2.75, 3.05) is 11.1 Å². The summed E-state index contributed by atoms with van der Waals surface area (Å²) in [7, 11) is 0. The van der Waals surface area contributed by atoms with Crippen molar-refractivity contribution in [3.63, 3.8) is 0 Å². The lowest BCUT2D eigenvalue weighted by molar-refractivity contribution is -0.113. The van der Waals surface area contributed by atoms with E-state index < -0.39 is 0 Å². The van der Waals surface area contributed by atoms with Crippen LogP contribution in [0.5, 0.6) is 0 Å². The Morgan fingerprint density at radius 2 is 1.97 bits per heavy atom. The number of amides is 1. The zero-order valence-corrected chi connectivity index (χ0v) is 17.9. The largest absolute Gasteiger partial charge is 0.353 e. The molecular weight excluding hydrogens is 452 g/mol. The van der Waals surface area contributed by atoms with Crippen LogP contribution in [0.1, 0.15) is 5.69 Å². The summed E-state index contributed by atoms with van der Waals surface area (Å²) in [4.78, 5) is 33.2. The van der Waals surface area contributed by atoms with E-state index in [4.69, 9.17) is 0 Å². The quantitative estimate of drug-likeness (QED) is 0.333.